The number of nitrogens with one attached hydrogen (secondary N) is 2. The maximum absolute atomic E-state index is 13.1. The van der Waals surface area contributed by atoms with Gasteiger partial charge >= 0.3 is 0 Å². The minimum Gasteiger partial charge on any atom is -0.493 e. The highest BCUT2D eigenvalue weighted by Crippen LogP contribution is 2.39. The molecular weight excluding hydrogens is 465 g/mol. The van der Waals surface area contributed by atoms with Gasteiger partial charge in [0.1, 0.15) is 5.58 Å². The number of sulfonamides is 1. The third kappa shape index (κ3) is 4.12. The summed E-state index contributed by atoms with van der Waals surface area (Å²) in [5, 5.41) is 4.04. The first-order valence-electron chi connectivity index (χ1n) is 8.79. The number of amides is 1. The normalized spacial score (nSPS) is 11.6. The van der Waals surface area contributed by atoms with E-state index in [-0.39, 0.29) is 21.3 Å². The Kier molecular flexibility index (Phi) is 5.42. The van der Waals surface area contributed by atoms with Crippen LogP contribution in [0.3, 0.4) is 0 Å². The smallest absolute Gasteiger partial charge is 0.256 e. The summed E-state index contributed by atoms with van der Waals surface area (Å²) in [5.74, 6) is -0.0767. The first-order chi connectivity index (χ1) is 14.7. The number of ether oxygens (including phenoxy) is 1. The molecule has 31 heavy (non-hydrogen) atoms. The number of nitrogens with zero attached hydrogens (tertiary/aromatic N) is 1. The van der Waals surface area contributed by atoms with Gasteiger partial charge in [0.05, 0.1) is 34.7 Å². The van der Waals surface area contributed by atoms with Crippen LogP contribution in [0.15, 0.2) is 47.1 Å². The van der Waals surface area contributed by atoms with Crippen molar-refractivity contribution >= 4 is 72.4 Å². The minimum atomic E-state index is -3.49. The van der Waals surface area contributed by atoms with Gasteiger partial charge < -0.3 is 14.5 Å². The molecule has 0 aliphatic carbocycles. The number of halogens is 2. The third-order valence-corrected chi connectivity index (χ3v) is 5.62. The molecule has 160 valence electrons. The molecule has 0 saturated carbocycles. The molecular formula is C20H15Cl2N3O5S. The van der Waals surface area contributed by atoms with Crippen molar-refractivity contribution in [2.24, 2.45) is 0 Å². The molecule has 1 amide bonds. The van der Waals surface area contributed by atoms with Crippen LogP contribution >= 0.6 is 23.2 Å². The highest BCUT2D eigenvalue weighted by Gasteiger charge is 2.21. The van der Waals surface area contributed by atoms with Crippen molar-refractivity contribution in [3.05, 3.63) is 58.3 Å². The molecule has 4 aromatic rings. The number of fused-ring (bicyclic) bond motifs is 3. The fourth-order valence-corrected chi connectivity index (χ4v) is 4.21. The predicted octanol–water partition coefficient (Wildman–Crippen LogP) is 4.92. The molecule has 0 aliphatic heterocycles. The molecule has 0 fully saturated rings. The molecule has 0 radical (unpaired) electrons. The van der Waals surface area contributed by atoms with Crippen LogP contribution in [-0.2, 0) is 10.0 Å². The zero-order chi connectivity index (χ0) is 22.3. The Morgan fingerprint density at radius 3 is 2.48 bits per heavy atom. The van der Waals surface area contributed by atoms with Crippen LogP contribution < -0.4 is 14.8 Å². The van der Waals surface area contributed by atoms with E-state index in [1.165, 1.54) is 19.5 Å². The monoisotopic (exact) mass is 479 g/mol. The van der Waals surface area contributed by atoms with Crippen LogP contribution in [0.2, 0.25) is 10.0 Å². The zero-order valence-corrected chi connectivity index (χ0v) is 18.5. The van der Waals surface area contributed by atoms with Gasteiger partial charge in [-0.25, -0.2) is 8.42 Å². The van der Waals surface area contributed by atoms with Gasteiger partial charge in [0.15, 0.2) is 11.3 Å². The second-order valence-electron chi connectivity index (χ2n) is 6.64. The molecule has 8 nitrogen and oxygen atoms in total. The summed E-state index contributed by atoms with van der Waals surface area (Å²) in [6.07, 6.45) is 3.78. The molecule has 0 aliphatic rings. The Hall–Kier alpha value is -3.01. The van der Waals surface area contributed by atoms with Crippen LogP contribution in [-0.4, -0.2) is 32.7 Å². The number of rotatable bonds is 5. The van der Waals surface area contributed by atoms with E-state index in [1.807, 2.05) is 0 Å². The van der Waals surface area contributed by atoms with E-state index >= 15 is 0 Å². The second-order valence-corrected chi connectivity index (χ2v) is 9.20. The summed E-state index contributed by atoms with van der Waals surface area (Å²) in [5.41, 5.74) is 1.60. The van der Waals surface area contributed by atoms with Gasteiger partial charge in [-0.2, -0.15) is 0 Å². The van der Waals surface area contributed by atoms with Crippen molar-refractivity contribution in [3.8, 4) is 5.75 Å². The maximum atomic E-state index is 13.1. The van der Waals surface area contributed by atoms with Crippen molar-refractivity contribution in [1.82, 2.24) is 4.98 Å². The summed E-state index contributed by atoms with van der Waals surface area (Å²) in [6.45, 7) is 0. The van der Waals surface area contributed by atoms with Gasteiger partial charge in [-0.15, -0.1) is 0 Å². The van der Waals surface area contributed by atoms with Crippen LogP contribution in [0.4, 0.5) is 11.4 Å². The average Bonchev–Trinajstić information content (AvgIpc) is 3.07. The number of carbonyl (C=O) groups is 1. The van der Waals surface area contributed by atoms with Crippen LogP contribution in [0.1, 0.15) is 10.4 Å². The lowest BCUT2D eigenvalue weighted by atomic mass is 10.0. The van der Waals surface area contributed by atoms with E-state index < -0.39 is 15.9 Å². The van der Waals surface area contributed by atoms with E-state index in [4.69, 9.17) is 32.4 Å². The summed E-state index contributed by atoms with van der Waals surface area (Å²) in [7, 11) is -2.01. The highest BCUT2D eigenvalue weighted by atomic mass is 35.5. The molecule has 0 saturated heterocycles. The molecule has 11 heteroatoms. The second kappa shape index (κ2) is 7.92. The Labute approximate surface area is 187 Å². The van der Waals surface area contributed by atoms with Crippen LogP contribution in [0, 0.1) is 0 Å². The number of carbonyl (C=O) groups excluding carboxylic acids is 1. The van der Waals surface area contributed by atoms with Crippen molar-refractivity contribution in [2.45, 2.75) is 0 Å². The number of pyridine rings is 1. The van der Waals surface area contributed by atoms with Gasteiger partial charge in [-0.1, -0.05) is 23.2 Å². The number of benzene rings is 2. The van der Waals surface area contributed by atoms with Crippen LogP contribution in [0.5, 0.6) is 5.75 Å². The SMILES string of the molecule is COc1ccc(C(=O)Nc2c(Cl)cncc2Cl)c2c1oc1ccc(NS(C)(=O)=O)cc12. The number of hydrogen-bond acceptors (Lipinski definition) is 6. The lowest BCUT2D eigenvalue weighted by Crippen LogP contribution is -2.13. The predicted molar refractivity (Wildman–Crippen MR) is 121 cm³/mol. The molecule has 0 spiro atoms. The number of hydrogen-bond donors (Lipinski definition) is 2. The molecule has 0 bridgehead atoms. The third-order valence-electron chi connectivity index (χ3n) is 4.44. The van der Waals surface area contributed by atoms with E-state index in [1.54, 1.807) is 30.3 Å². The number of methoxy groups -OCH3 is 1. The first kappa shape index (κ1) is 21.2. The topological polar surface area (TPSA) is 111 Å². The Balaban J connectivity index is 1.91. The standard InChI is InChI=1S/C20H15Cl2N3O5S/c1-29-16-6-4-11(20(26)24-18-13(21)8-23-9-14(18)22)17-12-7-10(25-31(2,27)28)3-5-15(12)30-19(16)17/h3-9,25H,1-2H3,(H,23,24,26). The number of aromatic nitrogens is 1. The molecule has 2 aromatic heterocycles. The average molecular weight is 480 g/mol. The van der Waals surface area contributed by atoms with Gasteiger partial charge in [-0.05, 0) is 30.3 Å². The lowest BCUT2D eigenvalue weighted by Gasteiger charge is -2.10. The number of furan rings is 1. The molecule has 0 unspecified atom stereocenters. The quantitative estimate of drug-likeness (QED) is 0.420. The van der Waals surface area contributed by atoms with E-state index in [0.29, 0.717) is 33.4 Å². The van der Waals surface area contributed by atoms with E-state index in [2.05, 4.69) is 15.0 Å². The zero-order valence-electron chi connectivity index (χ0n) is 16.2. The summed E-state index contributed by atoms with van der Waals surface area (Å²) in [4.78, 5) is 17.0. The first-order valence-corrected chi connectivity index (χ1v) is 11.4. The summed E-state index contributed by atoms with van der Waals surface area (Å²) in [6, 6.07) is 7.94. The van der Waals surface area contributed by atoms with Crippen LogP contribution in [0.25, 0.3) is 21.9 Å². The molecule has 2 N–H and O–H groups in total. The molecule has 2 heterocycles. The van der Waals surface area contributed by atoms with Crippen molar-refractivity contribution in [1.29, 1.82) is 0 Å². The van der Waals surface area contributed by atoms with Gasteiger partial charge in [0.2, 0.25) is 10.0 Å². The Bertz CT molecular complexity index is 1430. The van der Waals surface area contributed by atoms with Crippen molar-refractivity contribution in [3.63, 3.8) is 0 Å². The van der Waals surface area contributed by atoms with Gasteiger partial charge in [0, 0.05) is 28.9 Å². The van der Waals surface area contributed by atoms with Gasteiger partial charge in [0.25, 0.3) is 5.91 Å². The summed E-state index contributed by atoms with van der Waals surface area (Å²) < 4.78 is 37.0. The maximum Gasteiger partial charge on any atom is 0.256 e. The largest absolute Gasteiger partial charge is 0.493 e. The van der Waals surface area contributed by atoms with E-state index in [9.17, 15) is 13.2 Å². The highest BCUT2D eigenvalue weighted by molar-refractivity contribution is 7.92. The minimum absolute atomic E-state index is 0.183. The Morgan fingerprint density at radius 2 is 1.84 bits per heavy atom. The fraction of sp³-hybridized carbons (Fsp3) is 0.100. The van der Waals surface area contributed by atoms with E-state index in [0.717, 1.165) is 6.26 Å². The van der Waals surface area contributed by atoms with Crippen molar-refractivity contribution in [2.75, 3.05) is 23.4 Å². The lowest BCUT2D eigenvalue weighted by molar-refractivity contribution is 0.102. The molecule has 4 rings (SSSR count). The molecule has 0 atom stereocenters. The van der Waals surface area contributed by atoms with Crippen molar-refractivity contribution < 1.29 is 22.4 Å². The Morgan fingerprint density at radius 1 is 1.13 bits per heavy atom. The fourth-order valence-electron chi connectivity index (χ4n) is 3.20. The number of anilines is 2. The summed E-state index contributed by atoms with van der Waals surface area (Å²) >= 11 is 12.2. The van der Waals surface area contributed by atoms with Gasteiger partial charge in [-0.3, -0.25) is 14.5 Å². The molecule has 2 aromatic carbocycles.